The summed E-state index contributed by atoms with van der Waals surface area (Å²) >= 11 is 0. The van der Waals surface area contributed by atoms with E-state index in [1.165, 1.54) is 4.90 Å². The summed E-state index contributed by atoms with van der Waals surface area (Å²) < 4.78 is 5.12. The Kier molecular flexibility index (Phi) is 5.10. The van der Waals surface area contributed by atoms with E-state index in [2.05, 4.69) is 10.7 Å². The maximum atomic E-state index is 12.9. The van der Waals surface area contributed by atoms with Crippen molar-refractivity contribution in [1.82, 2.24) is 15.8 Å². The van der Waals surface area contributed by atoms with Crippen LogP contribution in [0, 0.1) is 5.92 Å². The number of hydrogen-bond donors (Lipinski definition) is 2. The van der Waals surface area contributed by atoms with Crippen LogP contribution in [0.4, 0.5) is 10.5 Å². The Morgan fingerprint density at radius 3 is 2.42 bits per heavy atom. The lowest BCUT2D eigenvalue weighted by atomic mass is 9.92. The first-order valence-corrected chi connectivity index (χ1v) is 9.80. The molecule has 9 nitrogen and oxygen atoms in total. The number of ether oxygens (including phenoxy) is 1. The smallest absolute Gasteiger partial charge is 0.344 e. The molecule has 31 heavy (non-hydrogen) atoms. The molecule has 0 saturated carbocycles. The van der Waals surface area contributed by atoms with Crippen LogP contribution in [0.3, 0.4) is 0 Å². The Hall–Kier alpha value is -3.88. The molecular weight excluding hydrogens is 400 g/mol. The summed E-state index contributed by atoms with van der Waals surface area (Å²) in [6, 6.07) is 15.0. The summed E-state index contributed by atoms with van der Waals surface area (Å²) in [6.07, 6.45) is -0.0164. The molecule has 2 aliphatic rings. The number of amides is 5. The lowest BCUT2D eigenvalue weighted by Gasteiger charge is -2.22. The number of anilines is 1. The zero-order valence-electron chi connectivity index (χ0n) is 17.1. The number of carbonyl (C=O) groups excluding carboxylic acids is 4. The quantitative estimate of drug-likeness (QED) is 0.711. The van der Waals surface area contributed by atoms with Gasteiger partial charge in [0.2, 0.25) is 11.8 Å². The number of urea groups is 1. The predicted octanol–water partition coefficient (Wildman–Crippen LogP) is 1.55. The minimum atomic E-state index is -1.29. The average molecular weight is 422 g/mol. The van der Waals surface area contributed by atoms with Gasteiger partial charge in [0.25, 0.3) is 5.91 Å². The van der Waals surface area contributed by atoms with E-state index in [9.17, 15) is 19.2 Å². The van der Waals surface area contributed by atoms with Crippen molar-refractivity contribution < 1.29 is 23.9 Å². The van der Waals surface area contributed by atoms with E-state index in [1.54, 1.807) is 68.6 Å². The van der Waals surface area contributed by atoms with Gasteiger partial charge in [-0.25, -0.2) is 4.79 Å². The Balaban J connectivity index is 1.45. The second-order valence-electron chi connectivity index (χ2n) is 7.64. The normalized spacial score (nSPS) is 23.2. The summed E-state index contributed by atoms with van der Waals surface area (Å²) in [6.45, 7) is 1.73. The molecule has 2 heterocycles. The Bertz CT molecular complexity index is 1040. The highest BCUT2D eigenvalue weighted by atomic mass is 16.5. The fourth-order valence-electron chi connectivity index (χ4n) is 3.80. The van der Waals surface area contributed by atoms with Crippen LogP contribution >= 0.6 is 0 Å². The number of imide groups is 1. The van der Waals surface area contributed by atoms with Gasteiger partial charge in [0.15, 0.2) is 0 Å². The van der Waals surface area contributed by atoms with Crippen molar-refractivity contribution in [2.75, 3.05) is 18.6 Å². The monoisotopic (exact) mass is 422 g/mol. The van der Waals surface area contributed by atoms with Gasteiger partial charge in [0, 0.05) is 18.7 Å². The van der Waals surface area contributed by atoms with E-state index < -0.39 is 29.3 Å². The van der Waals surface area contributed by atoms with Crippen LogP contribution in [0.1, 0.15) is 18.9 Å². The summed E-state index contributed by atoms with van der Waals surface area (Å²) in [5.41, 5.74) is 2.35. The van der Waals surface area contributed by atoms with E-state index >= 15 is 0 Å². The molecule has 0 aromatic heterocycles. The van der Waals surface area contributed by atoms with Gasteiger partial charge in [-0.2, -0.15) is 5.01 Å². The van der Waals surface area contributed by atoms with E-state index in [0.29, 0.717) is 22.0 Å². The Morgan fingerprint density at radius 2 is 1.77 bits per heavy atom. The number of nitrogens with one attached hydrogen (secondary N) is 2. The first kappa shape index (κ1) is 20.4. The lowest BCUT2D eigenvalue weighted by molar-refractivity contribution is -0.140. The van der Waals surface area contributed by atoms with Crippen molar-refractivity contribution in [2.24, 2.45) is 5.92 Å². The maximum Gasteiger partial charge on any atom is 0.344 e. The van der Waals surface area contributed by atoms with Gasteiger partial charge in [-0.15, -0.1) is 0 Å². The number of nitrogens with zero attached hydrogens (tertiary/aromatic N) is 2. The highest BCUT2D eigenvalue weighted by molar-refractivity contribution is 6.08. The average Bonchev–Trinajstić information content (AvgIpc) is 3.28. The third-order valence-electron chi connectivity index (χ3n) is 5.64. The lowest BCUT2D eigenvalue weighted by Crippen LogP contribution is -2.50. The van der Waals surface area contributed by atoms with Crippen molar-refractivity contribution in [3.05, 3.63) is 60.2 Å². The number of carbonyl (C=O) groups is 4. The van der Waals surface area contributed by atoms with Crippen LogP contribution in [0.5, 0.6) is 5.75 Å². The molecule has 2 aromatic rings. The van der Waals surface area contributed by atoms with E-state index in [4.69, 9.17) is 4.74 Å². The van der Waals surface area contributed by atoms with Crippen LogP contribution in [-0.4, -0.2) is 42.4 Å². The van der Waals surface area contributed by atoms with Crippen molar-refractivity contribution >= 4 is 29.4 Å². The molecule has 0 spiro atoms. The molecule has 5 amide bonds. The van der Waals surface area contributed by atoms with Gasteiger partial charge in [-0.3, -0.25) is 19.8 Å². The summed E-state index contributed by atoms with van der Waals surface area (Å²) in [5.74, 6) is -1.40. The molecule has 160 valence electrons. The maximum absolute atomic E-state index is 12.9. The van der Waals surface area contributed by atoms with Crippen LogP contribution in [-0.2, 0) is 19.9 Å². The Labute approximate surface area is 178 Å². The number of hydrazine groups is 1. The zero-order valence-corrected chi connectivity index (χ0v) is 17.1. The van der Waals surface area contributed by atoms with Crippen LogP contribution < -0.4 is 20.4 Å². The van der Waals surface area contributed by atoms with Gasteiger partial charge in [0.05, 0.1) is 13.0 Å². The molecule has 2 atom stereocenters. The van der Waals surface area contributed by atoms with Crippen molar-refractivity contribution in [1.29, 1.82) is 0 Å². The van der Waals surface area contributed by atoms with Gasteiger partial charge in [-0.05, 0) is 36.8 Å². The highest BCUT2D eigenvalue weighted by Crippen LogP contribution is 2.29. The minimum absolute atomic E-state index is 0.0164. The van der Waals surface area contributed by atoms with Crippen LogP contribution in [0.25, 0.3) is 0 Å². The Morgan fingerprint density at radius 1 is 1.10 bits per heavy atom. The molecule has 2 aromatic carbocycles. The molecule has 2 N–H and O–H groups in total. The molecule has 0 aliphatic carbocycles. The number of methoxy groups -OCH3 is 1. The third kappa shape index (κ3) is 3.58. The zero-order chi connectivity index (χ0) is 22.2. The fraction of sp³-hybridized carbons (Fsp3) is 0.273. The fourth-order valence-corrected chi connectivity index (χ4v) is 3.80. The number of benzene rings is 2. The van der Waals surface area contributed by atoms with E-state index in [0.717, 1.165) is 0 Å². The predicted molar refractivity (Wildman–Crippen MR) is 111 cm³/mol. The standard InChI is InChI=1S/C22H22N4O5/c1-22(15-6-4-3-5-7-15)20(29)26(21(30)23-22)24-19(28)14-12-18(27)25(13-14)16-8-10-17(31-2)11-9-16/h3-11,14H,12-13H2,1-2H3,(H,23,30)(H,24,28). The van der Waals surface area contributed by atoms with Crippen molar-refractivity contribution in [2.45, 2.75) is 18.9 Å². The van der Waals surface area contributed by atoms with Gasteiger partial charge < -0.3 is 15.0 Å². The topological polar surface area (TPSA) is 108 Å². The van der Waals surface area contributed by atoms with Crippen LogP contribution in [0.15, 0.2) is 54.6 Å². The third-order valence-corrected chi connectivity index (χ3v) is 5.64. The minimum Gasteiger partial charge on any atom is -0.497 e. The molecular formula is C22H22N4O5. The molecule has 0 radical (unpaired) electrons. The van der Waals surface area contributed by atoms with Gasteiger partial charge in [-0.1, -0.05) is 30.3 Å². The second-order valence-corrected chi connectivity index (χ2v) is 7.64. The van der Waals surface area contributed by atoms with E-state index in [1.807, 2.05) is 0 Å². The van der Waals surface area contributed by atoms with Crippen molar-refractivity contribution in [3.63, 3.8) is 0 Å². The molecule has 4 rings (SSSR count). The van der Waals surface area contributed by atoms with Crippen molar-refractivity contribution in [3.8, 4) is 5.75 Å². The second kappa shape index (κ2) is 7.75. The SMILES string of the molecule is COc1ccc(N2CC(C(=O)NN3C(=O)NC(C)(c4ccccc4)C3=O)CC2=O)cc1. The molecule has 2 fully saturated rings. The molecule has 2 aliphatic heterocycles. The molecule has 2 saturated heterocycles. The summed E-state index contributed by atoms with van der Waals surface area (Å²) in [4.78, 5) is 52.1. The molecule has 2 unspecified atom stereocenters. The highest BCUT2D eigenvalue weighted by Gasteiger charge is 2.50. The summed E-state index contributed by atoms with van der Waals surface area (Å²) in [5, 5.41) is 3.32. The van der Waals surface area contributed by atoms with Crippen LogP contribution in [0.2, 0.25) is 0 Å². The molecule has 0 bridgehead atoms. The molecule has 9 heteroatoms. The number of hydrogen-bond acceptors (Lipinski definition) is 5. The van der Waals surface area contributed by atoms with E-state index in [-0.39, 0.29) is 18.9 Å². The van der Waals surface area contributed by atoms with Gasteiger partial charge in [0.1, 0.15) is 11.3 Å². The first-order chi connectivity index (χ1) is 14.8. The first-order valence-electron chi connectivity index (χ1n) is 9.80. The summed E-state index contributed by atoms with van der Waals surface area (Å²) in [7, 11) is 1.55. The largest absolute Gasteiger partial charge is 0.497 e. The van der Waals surface area contributed by atoms with Gasteiger partial charge >= 0.3 is 6.03 Å². The number of rotatable bonds is 5.